The highest BCUT2D eigenvalue weighted by molar-refractivity contribution is 6.05. The lowest BCUT2D eigenvalue weighted by Gasteiger charge is -2.07. The quantitative estimate of drug-likeness (QED) is 0.681. The fourth-order valence-corrected chi connectivity index (χ4v) is 2.27. The van der Waals surface area contributed by atoms with Crippen molar-refractivity contribution in [1.82, 2.24) is 15.5 Å². The Morgan fingerprint density at radius 1 is 1.18 bits per heavy atom. The molecule has 0 radical (unpaired) electrons. The first-order valence-corrected chi connectivity index (χ1v) is 6.74. The van der Waals surface area contributed by atoms with Crippen LogP contribution in [-0.2, 0) is 6.54 Å². The number of nitrogens with one attached hydrogen (secondary N) is 2. The Hall–Kier alpha value is -3.15. The Morgan fingerprint density at radius 3 is 2.82 bits per heavy atom. The number of nitrogens with zero attached hydrogens (tertiary/aromatic N) is 1. The van der Waals surface area contributed by atoms with Gasteiger partial charge in [0.25, 0.3) is 5.91 Å². The van der Waals surface area contributed by atoms with Crippen LogP contribution in [0.2, 0.25) is 0 Å². The summed E-state index contributed by atoms with van der Waals surface area (Å²) in [4.78, 5) is 23.5. The zero-order valence-corrected chi connectivity index (χ0v) is 11.7. The molecular formula is C16H14N4O2. The van der Waals surface area contributed by atoms with Crippen LogP contribution in [0.15, 0.2) is 48.7 Å². The van der Waals surface area contributed by atoms with Gasteiger partial charge in [-0.2, -0.15) is 5.10 Å². The minimum absolute atomic E-state index is 0.209. The van der Waals surface area contributed by atoms with Gasteiger partial charge in [0.1, 0.15) is 0 Å². The highest BCUT2D eigenvalue weighted by Gasteiger charge is 2.11. The maximum atomic E-state index is 12.3. The van der Waals surface area contributed by atoms with Gasteiger partial charge < -0.3 is 11.1 Å². The molecule has 0 unspecified atom stereocenters. The fraction of sp³-hybridized carbons (Fsp3) is 0.0625. The topological polar surface area (TPSA) is 101 Å². The highest BCUT2D eigenvalue weighted by atomic mass is 16.2. The molecule has 0 bridgehead atoms. The number of nitrogens with two attached hydrogens (primary N) is 1. The third kappa shape index (κ3) is 2.67. The summed E-state index contributed by atoms with van der Waals surface area (Å²) in [5.41, 5.74) is 7.70. The number of H-pyrrole nitrogens is 1. The van der Waals surface area contributed by atoms with E-state index < -0.39 is 5.91 Å². The van der Waals surface area contributed by atoms with Gasteiger partial charge in [-0.25, -0.2) is 0 Å². The number of benzene rings is 2. The SMILES string of the molecule is NC(=O)c1cccc(CNC(=O)c2cccc3cn[nH]c23)c1. The van der Waals surface area contributed by atoms with Gasteiger partial charge in [-0.3, -0.25) is 14.7 Å². The van der Waals surface area contributed by atoms with Crippen LogP contribution in [-0.4, -0.2) is 22.0 Å². The normalized spacial score (nSPS) is 10.5. The average Bonchev–Trinajstić information content (AvgIpc) is 3.01. The van der Waals surface area contributed by atoms with Crippen molar-refractivity contribution in [3.63, 3.8) is 0 Å². The molecule has 3 aromatic rings. The first-order valence-electron chi connectivity index (χ1n) is 6.74. The largest absolute Gasteiger partial charge is 0.366 e. The first-order chi connectivity index (χ1) is 10.6. The van der Waals surface area contributed by atoms with Crippen LogP contribution in [0.3, 0.4) is 0 Å². The molecule has 0 saturated heterocycles. The van der Waals surface area contributed by atoms with Gasteiger partial charge in [0.05, 0.1) is 17.3 Å². The van der Waals surface area contributed by atoms with E-state index in [0.717, 1.165) is 10.9 Å². The molecule has 0 aliphatic rings. The van der Waals surface area contributed by atoms with E-state index >= 15 is 0 Å². The third-order valence-electron chi connectivity index (χ3n) is 3.39. The Morgan fingerprint density at radius 2 is 2.00 bits per heavy atom. The van der Waals surface area contributed by atoms with Gasteiger partial charge in [0.2, 0.25) is 5.91 Å². The number of primary amides is 1. The Balaban J connectivity index is 1.76. The summed E-state index contributed by atoms with van der Waals surface area (Å²) in [7, 11) is 0. The summed E-state index contributed by atoms with van der Waals surface area (Å²) in [5, 5.41) is 10.5. The average molecular weight is 294 g/mol. The van der Waals surface area contributed by atoms with Crippen molar-refractivity contribution >= 4 is 22.7 Å². The maximum Gasteiger partial charge on any atom is 0.253 e. The number of rotatable bonds is 4. The summed E-state index contributed by atoms with van der Waals surface area (Å²) in [6.45, 7) is 0.310. The van der Waals surface area contributed by atoms with Crippen LogP contribution in [0.4, 0.5) is 0 Å². The van der Waals surface area contributed by atoms with Crippen LogP contribution < -0.4 is 11.1 Å². The van der Waals surface area contributed by atoms with Gasteiger partial charge in [0, 0.05) is 17.5 Å². The van der Waals surface area contributed by atoms with E-state index in [0.29, 0.717) is 23.2 Å². The summed E-state index contributed by atoms with van der Waals surface area (Å²) in [5.74, 6) is -0.699. The van der Waals surface area contributed by atoms with Gasteiger partial charge in [-0.05, 0) is 23.8 Å². The van der Waals surface area contributed by atoms with E-state index in [9.17, 15) is 9.59 Å². The molecule has 3 rings (SSSR count). The minimum atomic E-state index is -0.490. The number of hydrogen-bond donors (Lipinski definition) is 3. The number of para-hydroxylation sites is 1. The Labute approximate surface area is 126 Å². The minimum Gasteiger partial charge on any atom is -0.366 e. The molecule has 0 atom stereocenters. The molecule has 110 valence electrons. The van der Waals surface area contributed by atoms with E-state index in [1.807, 2.05) is 12.1 Å². The molecule has 0 spiro atoms. The molecule has 4 N–H and O–H groups in total. The van der Waals surface area contributed by atoms with Crippen molar-refractivity contribution in [2.75, 3.05) is 0 Å². The molecule has 22 heavy (non-hydrogen) atoms. The molecule has 2 aromatic carbocycles. The third-order valence-corrected chi connectivity index (χ3v) is 3.39. The predicted molar refractivity (Wildman–Crippen MR) is 82.2 cm³/mol. The van der Waals surface area contributed by atoms with E-state index in [-0.39, 0.29) is 5.91 Å². The number of fused-ring (bicyclic) bond motifs is 1. The molecule has 1 heterocycles. The number of carbonyl (C=O) groups excluding carboxylic acids is 2. The molecule has 6 nitrogen and oxygen atoms in total. The first kappa shape index (κ1) is 13.8. The number of aromatic nitrogens is 2. The lowest BCUT2D eigenvalue weighted by atomic mass is 10.1. The van der Waals surface area contributed by atoms with Crippen molar-refractivity contribution in [2.24, 2.45) is 5.73 Å². The second kappa shape index (κ2) is 5.69. The van der Waals surface area contributed by atoms with E-state index in [4.69, 9.17) is 5.73 Å². The van der Waals surface area contributed by atoms with E-state index in [1.54, 1.807) is 36.5 Å². The zero-order chi connectivity index (χ0) is 15.5. The highest BCUT2D eigenvalue weighted by Crippen LogP contribution is 2.15. The maximum absolute atomic E-state index is 12.3. The molecule has 0 aliphatic carbocycles. The fourth-order valence-electron chi connectivity index (χ4n) is 2.27. The van der Waals surface area contributed by atoms with Crippen LogP contribution in [0, 0.1) is 0 Å². The van der Waals surface area contributed by atoms with Crippen LogP contribution >= 0.6 is 0 Å². The Kier molecular flexibility index (Phi) is 3.57. The second-order valence-electron chi connectivity index (χ2n) is 4.89. The lowest BCUT2D eigenvalue weighted by Crippen LogP contribution is -2.23. The number of hydrogen-bond acceptors (Lipinski definition) is 3. The second-order valence-corrected chi connectivity index (χ2v) is 4.89. The zero-order valence-electron chi connectivity index (χ0n) is 11.7. The van der Waals surface area contributed by atoms with Gasteiger partial charge in [-0.1, -0.05) is 24.3 Å². The van der Waals surface area contributed by atoms with Crippen molar-refractivity contribution in [2.45, 2.75) is 6.54 Å². The number of aromatic amines is 1. The molecule has 1 aromatic heterocycles. The predicted octanol–water partition coefficient (Wildman–Crippen LogP) is 1.59. The number of amides is 2. The van der Waals surface area contributed by atoms with E-state index in [1.165, 1.54) is 0 Å². The Bertz CT molecular complexity index is 854. The van der Waals surface area contributed by atoms with Crippen molar-refractivity contribution < 1.29 is 9.59 Å². The molecular weight excluding hydrogens is 280 g/mol. The monoisotopic (exact) mass is 294 g/mol. The smallest absolute Gasteiger partial charge is 0.253 e. The summed E-state index contributed by atoms with van der Waals surface area (Å²) < 4.78 is 0. The molecule has 0 aliphatic heterocycles. The van der Waals surface area contributed by atoms with Crippen LogP contribution in [0.1, 0.15) is 26.3 Å². The van der Waals surface area contributed by atoms with Crippen LogP contribution in [0.5, 0.6) is 0 Å². The standard InChI is InChI=1S/C16H14N4O2/c17-15(21)11-4-1-3-10(7-11)8-18-16(22)13-6-2-5-12-9-19-20-14(12)13/h1-7,9H,8H2,(H2,17,21)(H,18,22)(H,19,20). The molecule has 0 fully saturated rings. The molecule has 6 heteroatoms. The van der Waals surface area contributed by atoms with Gasteiger partial charge >= 0.3 is 0 Å². The van der Waals surface area contributed by atoms with E-state index in [2.05, 4.69) is 15.5 Å². The van der Waals surface area contributed by atoms with Crippen LogP contribution in [0.25, 0.3) is 10.9 Å². The summed E-state index contributed by atoms with van der Waals surface area (Å²) in [6, 6.07) is 12.3. The van der Waals surface area contributed by atoms with Crippen molar-refractivity contribution in [1.29, 1.82) is 0 Å². The summed E-state index contributed by atoms with van der Waals surface area (Å²) in [6.07, 6.45) is 1.67. The number of carbonyl (C=O) groups is 2. The molecule has 2 amide bonds. The summed E-state index contributed by atoms with van der Waals surface area (Å²) >= 11 is 0. The van der Waals surface area contributed by atoms with Gasteiger partial charge in [0.15, 0.2) is 0 Å². The van der Waals surface area contributed by atoms with Crippen molar-refractivity contribution in [3.05, 3.63) is 65.4 Å². The molecule has 0 saturated carbocycles. The van der Waals surface area contributed by atoms with Crippen molar-refractivity contribution in [3.8, 4) is 0 Å². The van der Waals surface area contributed by atoms with Gasteiger partial charge in [-0.15, -0.1) is 0 Å². The lowest BCUT2D eigenvalue weighted by molar-refractivity contribution is 0.0951.